The number of nitrogens with one attached hydrogen (secondary N) is 2. The van der Waals surface area contributed by atoms with E-state index in [1.807, 2.05) is 42.6 Å². The van der Waals surface area contributed by atoms with Crippen LogP contribution in [0.5, 0.6) is 0 Å². The third-order valence-electron chi connectivity index (χ3n) is 5.09. The second-order valence-electron chi connectivity index (χ2n) is 6.64. The first-order valence-electron chi connectivity index (χ1n) is 8.52. The Hall–Kier alpha value is -3.14. The maximum atomic E-state index is 12.3. The fourth-order valence-electron chi connectivity index (χ4n) is 3.71. The van der Waals surface area contributed by atoms with E-state index in [1.54, 1.807) is 0 Å². The zero-order chi connectivity index (χ0) is 16.8. The Kier molecular flexibility index (Phi) is 3.10. The van der Waals surface area contributed by atoms with Crippen LogP contribution in [0.4, 0.5) is 5.69 Å². The summed E-state index contributed by atoms with van der Waals surface area (Å²) in [6.07, 6.45) is 4.86. The number of nitrogens with zero attached hydrogens (tertiary/aromatic N) is 1. The van der Waals surface area contributed by atoms with E-state index in [1.165, 1.54) is 5.56 Å². The Morgan fingerprint density at radius 1 is 0.960 bits per heavy atom. The minimum atomic E-state index is -0.0704. The number of benzene rings is 2. The Bertz CT molecular complexity index is 1060. The Morgan fingerprint density at radius 3 is 2.64 bits per heavy atom. The molecule has 1 fully saturated rings. The molecule has 5 rings (SSSR count). The number of hydrogen-bond donors (Lipinski definition) is 2. The van der Waals surface area contributed by atoms with E-state index in [-0.39, 0.29) is 5.56 Å². The molecule has 2 atom stereocenters. The van der Waals surface area contributed by atoms with Crippen LogP contribution in [0.1, 0.15) is 40.6 Å². The van der Waals surface area contributed by atoms with Crippen LogP contribution < -0.4 is 5.56 Å². The van der Waals surface area contributed by atoms with Gasteiger partial charge in [0, 0.05) is 29.0 Å². The van der Waals surface area contributed by atoms with E-state index in [0.29, 0.717) is 11.8 Å². The van der Waals surface area contributed by atoms with Crippen molar-refractivity contribution in [2.45, 2.75) is 18.3 Å². The van der Waals surface area contributed by atoms with Crippen LogP contribution in [0.25, 0.3) is 11.6 Å². The standard InChI is InChI=1S/C21H17N3O/c25-21-18(10-14-12-22-19-9-5-4-8-15(14)19)20(23-24-21)17-11-16(17)13-6-2-1-3-7-13/h1-10,12,16-17H,11H2,(H2,23,24,25)/t16-,17+/m0/s1. The zero-order valence-corrected chi connectivity index (χ0v) is 13.6. The van der Waals surface area contributed by atoms with Crippen molar-refractivity contribution >= 4 is 23.6 Å². The Morgan fingerprint density at radius 2 is 1.76 bits per heavy atom. The summed E-state index contributed by atoms with van der Waals surface area (Å²) >= 11 is 0. The van der Waals surface area contributed by atoms with Crippen molar-refractivity contribution in [3.8, 4) is 0 Å². The van der Waals surface area contributed by atoms with Crippen LogP contribution in [0, 0.1) is 0 Å². The minimum absolute atomic E-state index is 0.0704. The second kappa shape index (κ2) is 5.45. The van der Waals surface area contributed by atoms with E-state index in [0.717, 1.165) is 34.5 Å². The lowest BCUT2D eigenvalue weighted by atomic mass is 10.0. The fourth-order valence-corrected chi connectivity index (χ4v) is 3.71. The molecule has 0 spiro atoms. The number of rotatable bonds is 3. The Labute approximate surface area is 144 Å². The van der Waals surface area contributed by atoms with Crippen molar-refractivity contribution in [1.29, 1.82) is 0 Å². The summed E-state index contributed by atoms with van der Waals surface area (Å²) < 4.78 is 0. The summed E-state index contributed by atoms with van der Waals surface area (Å²) in [5.74, 6) is 0.844. The number of allylic oxidation sites excluding steroid dienone is 1. The zero-order valence-electron chi connectivity index (χ0n) is 13.6. The SMILES string of the molecule is O=c1[nH][nH]c([C@@H]2C[C@H]2c2ccccc2)c1C=C1C=Nc2ccccc21. The highest BCUT2D eigenvalue weighted by molar-refractivity contribution is 6.21. The average Bonchev–Trinajstić information content (AvgIpc) is 3.22. The summed E-state index contributed by atoms with van der Waals surface area (Å²) in [4.78, 5) is 16.8. The minimum Gasteiger partial charge on any atom is -0.301 e. The summed E-state index contributed by atoms with van der Waals surface area (Å²) in [5, 5.41) is 5.87. The maximum absolute atomic E-state index is 12.3. The number of aliphatic imine (C=N–C) groups is 1. The third-order valence-corrected chi connectivity index (χ3v) is 5.09. The first-order valence-corrected chi connectivity index (χ1v) is 8.52. The van der Waals surface area contributed by atoms with Crippen molar-refractivity contribution in [1.82, 2.24) is 10.2 Å². The predicted octanol–water partition coefficient (Wildman–Crippen LogP) is 4.23. The molecular weight excluding hydrogens is 310 g/mol. The summed E-state index contributed by atoms with van der Waals surface area (Å²) in [5.41, 5.74) is 6.00. The number of H-pyrrole nitrogens is 2. The lowest BCUT2D eigenvalue weighted by Crippen LogP contribution is -2.02. The first kappa shape index (κ1) is 14.2. The molecule has 4 nitrogen and oxygen atoms in total. The molecule has 3 aromatic rings. The fraction of sp³-hybridized carbons (Fsp3) is 0.143. The van der Waals surface area contributed by atoms with E-state index in [2.05, 4.69) is 39.5 Å². The molecule has 1 aliphatic heterocycles. The third kappa shape index (κ3) is 2.38. The Balaban J connectivity index is 1.51. The van der Waals surface area contributed by atoms with Crippen LogP contribution in [0.2, 0.25) is 0 Å². The molecule has 122 valence electrons. The van der Waals surface area contributed by atoms with E-state index in [9.17, 15) is 4.79 Å². The molecule has 4 heteroatoms. The molecule has 1 aliphatic carbocycles. The quantitative estimate of drug-likeness (QED) is 0.743. The highest BCUT2D eigenvalue weighted by Gasteiger charge is 2.42. The maximum Gasteiger partial charge on any atom is 0.271 e. The van der Waals surface area contributed by atoms with E-state index < -0.39 is 0 Å². The first-order chi connectivity index (χ1) is 12.3. The van der Waals surface area contributed by atoms with Gasteiger partial charge in [-0.1, -0.05) is 48.5 Å². The number of aromatic nitrogens is 2. The van der Waals surface area contributed by atoms with E-state index >= 15 is 0 Å². The van der Waals surface area contributed by atoms with Crippen molar-refractivity contribution in [2.75, 3.05) is 0 Å². The van der Waals surface area contributed by atoms with Gasteiger partial charge in [-0.05, 0) is 30.0 Å². The molecule has 25 heavy (non-hydrogen) atoms. The molecule has 2 N–H and O–H groups in total. The molecule has 2 aliphatic rings. The molecule has 2 heterocycles. The van der Waals surface area contributed by atoms with Gasteiger partial charge in [0.05, 0.1) is 11.3 Å². The van der Waals surface area contributed by atoms with Crippen LogP contribution in [0.15, 0.2) is 64.4 Å². The van der Waals surface area contributed by atoms with Crippen molar-refractivity contribution in [2.24, 2.45) is 4.99 Å². The summed E-state index contributed by atoms with van der Waals surface area (Å²) in [6, 6.07) is 18.5. The monoisotopic (exact) mass is 327 g/mol. The molecule has 0 bridgehead atoms. The highest BCUT2D eigenvalue weighted by Crippen LogP contribution is 2.54. The predicted molar refractivity (Wildman–Crippen MR) is 100 cm³/mol. The van der Waals surface area contributed by atoms with Crippen molar-refractivity contribution in [3.05, 3.63) is 87.3 Å². The number of aromatic amines is 2. The molecular formula is C21H17N3O. The van der Waals surface area contributed by atoms with Gasteiger partial charge in [0.2, 0.25) is 0 Å². The van der Waals surface area contributed by atoms with Crippen LogP contribution in [0.3, 0.4) is 0 Å². The molecule has 0 unspecified atom stereocenters. The van der Waals surface area contributed by atoms with Gasteiger partial charge < -0.3 is 5.10 Å². The number of para-hydroxylation sites is 1. The molecule has 0 saturated heterocycles. The van der Waals surface area contributed by atoms with E-state index in [4.69, 9.17) is 0 Å². The smallest absolute Gasteiger partial charge is 0.271 e. The van der Waals surface area contributed by atoms with Gasteiger partial charge in [0.15, 0.2) is 0 Å². The van der Waals surface area contributed by atoms with Gasteiger partial charge in [-0.3, -0.25) is 14.9 Å². The molecule has 0 amide bonds. The van der Waals surface area contributed by atoms with Gasteiger partial charge >= 0.3 is 0 Å². The topological polar surface area (TPSA) is 61.0 Å². The number of fused-ring (bicyclic) bond motifs is 1. The normalized spacial score (nSPS) is 22.3. The van der Waals surface area contributed by atoms with Gasteiger partial charge in [-0.25, -0.2) is 0 Å². The summed E-state index contributed by atoms with van der Waals surface area (Å²) in [7, 11) is 0. The number of hydrogen-bond acceptors (Lipinski definition) is 2. The average molecular weight is 327 g/mol. The molecule has 0 radical (unpaired) electrons. The van der Waals surface area contributed by atoms with Gasteiger partial charge in [0.1, 0.15) is 0 Å². The lowest BCUT2D eigenvalue weighted by molar-refractivity contribution is 0.926. The van der Waals surface area contributed by atoms with Crippen LogP contribution in [-0.4, -0.2) is 16.4 Å². The van der Waals surface area contributed by atoms with Gasteiger partial charge in [-0.15, -0.1) is 0 Å². The second-order valence-corrected chi connectivity index (χ2v) is 6.64. The van der Waals surface area contributed by atoms with Crippen molar-refractivity contribution in [3.63, 3.8) is 0 Å². The highest BCUT2D eigenvalue weighted by atomic mass is 16.1. The largest absolute Gasteiger partial charge is 0.301 e. The van der Waals surface area contributed by atoms with Crippen LogP contribution >= 0.6 is 0 Å². The molecule has 1 aromatic heterocycles. The van der Waals surface area contributed by atoms with Gasteiger partial charge in [-0.2, -0.15) is 0 Å². The lowest BCUT2D eigenvalue weighted by Gasteiger charge is -2.02. The molecule has 2 aromatic carbocycles. The summed E-state index contributed by atoms with van der Waals surface area (Å²) in [6.45, 7) is 0. The molecule has 1 saturated carbocycles. The van der Waals surface area contributed by atoms with Crippen LogP contribution in [-0.2, 0) is 0 Å². The van der Waals surface area contributed by atoms with Gasteiger partial charge in [0.25, 0.3) is 5.56 Å². The van der Waals surface area contributed by atoms with Crippen molar-refractivity contribution < 1.29 is 0 Å².